The van der Waals surface area contributed by atoms with Crippen molar-refractivity contribution in [2.24, 2.45) is 11.3 Å². The van der Waals surface area contributed by atoms with E-state index in [1.165, 1.54) is 11.9 Å². The van der Waals surface area contributed by atoms with Gasteiger partial charge in [0.05, 0.1) is 12.6 Å². The fraction of sp³-hybridized carbons (Fsp3) is 1.00. The van der Waals surface area contributed by atoms with Gasteiger partial charge in [-0.1, -0.05) is 13.8 Å². The third-order valence-electron chi connectivity index (χ3n) is 3.47. The number of hydrogen-bond acceptors (Lipinski definition) is 2. The van der Waals surface area contributed by atoms with E-state index in [2.05, 4.69) is 13.8 Å². The molecule has 0 amide bonds. The zero-order chi connectivity index (χ0) is 13.3. The highest BCUT2D eigenvalue weighted by Gasteiger charge is 2.36. The summed E-state index contributed by atoms with van der Waals surface area (Å²) in [6.45, 7) is 3.62. The number of alkyl halides is 3. The predicted molar refractivity (Wildman–Crippen MR) is 60.7 cm³/mol. The normalized spacial score (nSPS) is 29.6. The first-order valence-electron chi connectivity index (χ1n) is 6.02. The minimum Gasteiger partial charge on any atom is -0.393 e. The summed E-state index contributed by atoms with van der Waals surface area (Å²) in [4.78, 5) is 1.26. The molecule has 0 saturated heterocycles. The first-order chi connectivity index (χ1) is 7.59. The summed E-state index contributed by atoms with van der Waals surface area (Å²) in [6.07, 6.45) is -2.20. The lowest BCUT2D eigenvalue weighted by Crippen LogP contribution is -2.42. The van der Waals surface area contributed by atoms with Crippen LogP contribution in [0, 0.1) is 11.3 Å². The maximum atomic E-state index is 12.2. The zero-order valence-corrected chi connectivity index (χ0v) is 10.7. The van der Waals surface area contributed by atoms with Gasteiger partial charge in [0.25, 0.3) is 0 Å². The van der Waals surface area contributed by atoms with Crippen LogP contribution in [-0.4, -0.2) is 42.4 Å². The standard InChI is InChI=1S/C12H22F3NO/c1-11(2)5-4-10(17)9(6-11)7-16(3)8-12(13,14)15/h9-10,17H,4-8H2,1-3H3. The molecular formula is C12H22F3NO. The van der Waals surface area contributed by atoms with Gasteiger partial charge in [-0.25, -0.2) is 0 Å². The Morgan fingerprint density at radius 2 is 1.94 bits per heavy atom. The largest absolute Gasteiger partial charge is 0.401 e. The molecule has 0 heterocycles. The smallest absolute Gasteiger partial charge is 0.393 e. The number of hydrogen-bond donors (Lipinski definition) is 1. The molecule has 1 aliphatic carbocycles. The monoisotopic (exact) mass is 253 g/mol. The number of nitrogens with zero attached hydrogens (tertiary/aromatic N) is 1. The topological polar surface area (TPSA) is 23.5 Å². The van der Waals surface area contributed by atoms with E-state index in [0.29, 0.717) is 13.0 Å². The average molecular weight is 253 g/mol. The molecule has 0 radical (unpaired) electrons. The molecule has 0 aromatic heterocycles. The van der Waals surface area contributed by atoms with E-state index in [4.69, 9.17) is 0 Å². The highest BCUT2D eigenvalue weighted by atomic mass is 19.4. The van der Waals surface area contributed by atoms with Crippen molar-refractivity contribution in [1.29, 1.82) is 0 Å². The van der Waals surface area contributed by atoms with Gasteiger partial charge in [0.2, 0.25) is 0 Å². The lowest BCUT2D eigenvalue weighted by molar-refractivity contribution is -0.146. The van der Waals surface area contributed by atoms with Crippen molar-refractivity contribution in [3.05, 3.63) is 0 Å². The first-order valence-corrected chi connectivity index (χ1v) is 6.02. The molecule has 102 valence electrons. The van der Waals surface area contributed by atoms with Crippen LogP contribution in [0.3, 0.4) is 0 Å². The van der Waals surface area contributed by atoms with Gasteiger partial charge in [-0.15, -0.1) is 0 Å². The van der Waals surface area contributed by atoms with Crippen LogP contribution in [0.15, 0.2) is 0 Å². The first kappa shape index (κ1) is 14.8. The van der Waals surface area contributed by atoms with Crippen molar-refractivity contribution in [2.45, 2.75) is 45.4 Å². The van der Waals surface area contributed by atoms with Crippen LogP contribution in [0.25, 0.3) is 0 Å². The minimum atomic E-state index is -4.16. The van der Waals surface area contributed by atoms with Crippen molar-refractivity contribution in [1.82, 2.24) is 4.90 Å². The molecule has 1 rings (SSSR count). The second-order valence-corrected chi connectivity index (χ2v) is 6.05. The Hall–Kier alpha value is -0.290. The second kappa shape index (κ2) is 5.14. The molecule has 0 aromatic carbocycles. The number of aliphatic hydroxyl groups is 1. The number of halogens is 3. The van der Waals surface area contributed by atoms with E-state index in [0.717, 1.165) is 12.8 Å². The summed E-state index contributed by atoms with van der Waals surface area (Å²) < 4.78 is 36.6. The summed E-state index contributed by atoms with van der Waals surface area (Å²) in [5, 5.41) is 9.84. The molecule has 5 heteroatoms. The third kappa shape index (κ3) is 5.25. The van der Waals surface area contributed by atoms with E-state index in [1.807, 2.05) is 0 Å². The van der Waals surface area contributed by atoms with Crippen LogP contribution in [0.5, 0.6) is 0 Å². The molecule has 2 atom stereocenters. The van der Waals surface area contributed by atoms with Crippen LogP contribution in [-0.2, 0) is 0 Å². The Labute approximate surface area is 101 Å². The Balaban J connectivity index is 2.49. The highest BCUT2D eigenvalue weighted by molar-refractivity contribution is 4.86. The van der Waals surface area contributed by atoms with Crippen LogP contribution in [0.2, 0.25) is 0 Å². The number of rotatable bonds is 3. The van der Waals surface area contributed by atoms with Gasteiger partial charge in [0, 0.05) is 6.54 Å². The van der Waals surface area contributed by atoms with E-state index < -0.39 is 18.8 Å². The SMILES string of the molecule is CN(CC1CC(C)(C)CCC1O)CC(F)(F)F. The molecule has 1 fully saturated rings. The molecule has 17 heavy (non-hydrogen) atoms. The van der Waals surface area contributed by atoms with Crippen molar-refractivity contribution in [3.63, 3.8) is 0 Å². The average Bonchev–Trinajstić information content (AvgIpc) is 2.07. The van der Waals surface area contributed by atoms with Gasteiger partial charge < -0.3 is 5.11 Å². The molecule has 2 unspecified atom stereocenters. The maximum Gasteiger partial charge on any atom is 0.401 e. The second-order valence-electron chi connectivity index (χ2n) is 6.05. The molecule has 0 aromatic rings. The lowest BCUT2D eigenvalue weighted by atomic mass is 9.71. The van der Waals surface area contributed by atoms with Crippen molar-refractivity contribution < 1.29 is 18.3 Å². The van der Waals surface area contributed by atoms with Crippen LogP contribution in [0.1, 0.15) is 33.1 Å². The molecule has 1 aliphatic rings. The Bertz CT molecular complexity index is 253. The quantitative estimate of drug-likeness (QED) is 0.836. The maximum absolute atomic E-state index is 12.2. The highest BCUT2D eigenvalue weighted by Crippen LogP contribution is 2.39. The van der Waals surface area contributed by atoms with E-state index in [9.17, 15) is 18.3 Å². The summed E-state index contributed by atoms with van der Waals surface area (Å²) in [5.74, 6) is -0.0499. The Morgan fingerprint density at radius 1 is 1.35 bits per heavy atom. The van der Waals surface area contributed by atoms with E-state index in [1.54, 1.807) is 0 Å². The van der Waals surface area contributed by atoms with Gasteiger partial charge in [-0.2, -0.15) is 13.2 Å². The molecule has 0 bridgehead atoms. The Kier molecular flexibility index (Phi) is 4.47. The van der Waals surface area contributed by atoms with Gasteiger partial charge in [0.15, 0.2) is 0 Å². The van der Waals surface area contributed by atoms with Crippen LogP contribution < -0.4 is 0 Å². The van der Waals surface area contributed by atoms with Gasteiger partial charge in [-0.05, 0) is 37.6 Å². The summed E-state index contributed by atoms with van der Waals surface area (Å²) in [6, 6.07) is 0. The molecule has 1 N–H and O–H groups in total. The Morgan fingerprint density at radius 3 is 2.47 bits per heavy atom. The fourth-order valence-electron chi connectivity index (χ4n) is 2.68. The van der Waals surface area contributed by atoms with E-state index in [-0.39, 0.29) is 11.3 Å². The summed E-state index contributed by atoms with van der Waals surface area (Å²) in [5.41, 5.74) is 0.128. The molecule has 1 saturated carbocycles. The van der Waals surface area contributed by atoms with Crippen molar-refractivity contribution in [2.75, 3.05) is 20.1 Å². The number of aliphatic hydroxyl groups excluding tert-OH is 1. The van der Waals surface area contributed by atoms with Gasteiger partial charge >= 0.3 is 6.18 Å². The summed E-state index contributed by atoms with van der Waals surface area (Å²) >= 11 is 0. The third-order valence-corrected chi connectivity index (χ3v) is 3.47. The van der Waals surface area contributed by atoms with Crippen molar-refractivity contribution in [3.8, 4) is 0 Å². The van der Waals surface area contributed by atoms with Gasteiger partial charge in [-0.3, -0.25) is 4.90 Å². The molecule has 0 aliphatic heterocycles. The predicted octanol–water partition coefficient (Wildman–Crippen LogP) is 2.67. The minimum absolute atomic E-state index is 0.0499. The van der Waals surface area contributed by atoms with Gasteiger partial charge in [0.1, 0.15) is 0 Å². The van der Waals surface area contributed by atoms with Crippen LogP contribution >= 0.6 is 0 Å². The van der Waals surface area contributed by atoms with Crippen LogP contribution in [0.4, 0.5) is 13.2 Å². The molecule has 0 spiro atoms. The molecular weight excluding hydrogens is 231 g/mol. The summed E-state index contributed by atoms with van der Waals surface area (Å²) in [7, 11) is 1.46. The molecule has 2 nitrogen and oxygen atoms in total. The lowest BCUT2D eigenvalue weighted by Gasteiger charge is -2.40. The zero-order valence-electron chi connectivity index (χ0n) is 10.7. The van der Waals surface area contributed by atoms with Crippen molar-refractivity contribution >= 4 is 0 Å². The van der Waals surface area contributed by atoms with E-state index >= 15 is 0 Å². The fourth-order valence-corrected chi connectivity index (χ4v) is 2.68.